The van der Waals surface area contributed by atoms with Crippen molar-refractivity contribution in [2.45, 2.75) is 19.1 Å². The van der Waals surface area contributed by atoms with Crippen molar-refractivity contribution in [1.29, 1.82) is 0 Å². The average Bonchev–Trinajstić information content (AvgIpc) is 2.67. The molecule has 0 fully saturated rings. The summed E-state index contributed by atoms with van der Waals surface area (Å²) in [6.45, 7) is 1.41. The maximum atomic E-state index is 13.2. The number of allylic oxidation sites excluding steroid dienone is 1. The number of rotatable bonds is 4. The lowest BCUT2D eigenvalue weighted by Gasteiger charge is -2.28. The fourth-order valence-electron chi connectivity index (χ4n) is 3.09. The van der Waals surface area contributed by atoms with E-state index in [2.05, 4.69) is 16.0 Å². The third-order valence-corrected chi connectivity index (χ3v) is 4.41. The van der Waals surface area contributed by atoms with Crippen LogP contribution in [0.5, 0.6) is 0 Å². The molecule has 0 radical (unpaired) electrons. The quantitative estimate of drug-likeness (QED) is 0.515. The Balaban J connectivity index is 2.01. The molecule has 30 heavy (non-hydrogen) atoms. The lowest BCUT2D eigenvalue weighted by molar-refractivity contribution is -0.384. The van der Waals surface area contributed by atoms with Crippen LogP contribution in [-0.2, 0) is 11.0 Å². The van der Waals surface area contributed by atoms with Gasteiger partial charge in [0, 0.05) is 17.8 Å². The molecule has 2 aromatic carbocycles. The first-order chi connectivity index (χ1) is 14.1. The van der Waals surface area contributed by atoms with Gasteiger partial charge >= 0.3 is 12.2 Å². The minimum atomic E-state index is -4.69. The smallest absolute Gasteiger partial charge is 0.327 e. The Labute approximate surface area is 167 Å². The second-order valence-electron chi connectivity index (χ2n) is 6.42. The molecule has 0 aromatic heterocycles. The first-order valence-corrected chi connectivity index (χ1v) is 8.58. The highest BCUT2D eigenvalue weighted by Gasteiger charge is 2.36. The molecule has 3 N–H and O–H groups in total. The predicted octanol–water partition coefficient (Wildman–Crippen LogP) is 3.88. The first-order valence-electron chi connectivity index (χ1n) is 8.58. The first kappa shape index (κ1) is 20.8. The number of hydrogen-bond donors (Lipinski definition) is 3. The van der Waals surface area contributed by atoms with Crippen molar-refractivity contribution in [3.63, 3.8) is 0 Å². The van der Waals surface area contributed by atoms with Crippen molar-refractivity contribution in [2.24, 2.45) is 0 Å². The zero-order chi connectivity index (χ0) is 22.1. The highest BCUT2D eigenvalue weighted by Crippen LogP contribution is 2.36. The molecule has 0 spiro atoms. The van der Waals surface area contributed by atoms with Crippen molar-refractivity contribution >= 4 is 23.3 Å². The number of benzene rings is 2. The summed E-state index contributed by atoms with van der Waals surface area (Å²) >= 11 is 0. The van der Waals surface area contributed by atoms with Gasteiger partial charge in [-0.1, -0.05) is 24.3 Å². The summed E-state index contributed by atoms with van der Waals surface area (Å²) in [4.78, 5) is 35.2. The summed E-state index contributed by atoms with van der Waals surface area (Å²) in [7, 11) is 0. The molecule has 0 aliphatic carbocycles. The Morgan fingerprint density at radius 3 is 2.53 bits per heavy atom. The van der Waals surface area contributed by atoms with Crippen molar-refractivity contribution in [2.75, 3.05) is 5.32 Å². The summed E-state index contributed by atoms with van der Waals surface area (Å²) in [5, 5.41) is 18.2. The van der Waals surface area contributed by atoms with Crippen LogP contribution in [0, 0.1) is 10.1 Å². The predicted molar refractivity (Wildman–Crippen MR) is 100 cm³/mol. The van der Waals surface area contributed by atoms with Crippen molar-refractivity contribution < 1.29 is 27.7 Å². The summed E-state index contributed by atoms with van der Waals surface area (Å²) in [5.74, 6) is -0.895. The minimum absolute atomic E-state index is 0.0768. The van der Waals surface area contributed by atoms with Crippen LogP contribution in [0.2, 0.25) is 0 Å². The second kappa shape index (κ2) is 7.85. The lowest BCUT2D eigenvalue weighted by Crippen LogP contribution is -2.46. The summed E-state index contributed by atoms with van der Waals surface area (Å²) in [6, 6.07) is 7.97. The Hall–Kier alpha value is -3.89. The highest BCUT2D eigenvalue weighted by atomic mass is 19.4. The number of hydrogen-bond acceptors (Lipinski definition) is 4. The number of para-hydroxylation sites is 1. The molecule has 2 aromatic rings. The topological polar surface area (TPSA) is 113 Å². The lowest BCUT2D eigenvalue weighted by atomic mass is 9.94. The number of nitro groups is 1. The Kier molecular flexibility index (Phi) is 5.45. The molecule has 0 saturated carbocycles. The summed E-state index contributed by atoms with van der Waals surface area (Å²) in [5.41, 5.74) is -1.49. The molecule has 156 valence electrons. The number of non-ortho nitro benzene ring substituents is 1. The van der Waals surface area contributed by atoms with E-state index in [9.17, 15) is 32.9 Å². The van der Waals surface area contributed by atoms with Gasteiger partial charge in [0.15, 0.2) is 0 Å². The SMILES string of the molecule is CC1=C(C(=O)Nc2ccccc2C(F)(F)F)[C@H](c2cccc([N+](=O)[O-])c2)NC(=O)N1. The molecule has 0 saturated heterocycles. The fourth-order valence-corrected chi connectivity index (χ4v) is 3.09. The number of amides is 3. The molecule has 8 nitrogen and oxygen atoms in total. The monoisotopic (exact) mass is 420 g/mol. The largest absolute Gasteiger partial charge is 0.418 e. The van der Waals surface area contributed by atoms with E-state index >= 15 is 0 Å². The van der Waals surface area contributed by atoms with Crippen LogP contribution < -0.4 is 16.0 Å². The maximum Gasteiger partial charge on any atom is 0.418 e. The van der Waals surface area contributed by atoms with Crippen molar-refractivity contribution in [3.8, 4) is 0 Å². The zero-order valence-corrected chi connectivity index (χ0v) is 15.4. The van der Waals surface area contributed by atoms with E-state index in [1.807, 2.05) is 0 Å². The molecule has 0 unspecified atom stereocenters. The van der Waals surface area contributed by atoms with E-state index in [0.717, 1.165) is 12.1 Å². The van der Waals surface area contributed by atoms with Crippen LogP contribution in [0.15, 0.2) is 59.8 Å². The molecule has 1 heterocycles. The van der Waals surface area contributed by atoms with Crippen LogP contribution in [0.25, 0.3) is 0 Å². The van der Waals surface area contributed by atoms with Gasteiger partial charge in [0.1, 0.15) is 0 Å². The number of anilines is 1. The van der Waals surface area contributed by atoms with Crippen molar-refractivity contribution in [3.05, 3.63) is 81.0 Å². The van der Waals surface area contributed by atoms with E-state index in [1.165, 1.54) is 43.3 Å². The molecule has 1 aliphatic heterocycles. The van der Waals surface area contributed by atoms with Crippen LogP contribution >= 0.6 is 0 Å². The van der Waals surface area contributed by atoms with Crippen LogP contribution in [0.3, 0.4) is 0 Å². The number of nitro benzene ring substituents is 1. The molecule has 1 aliphatic rings. The maximum absolute atomic E-state index is 13.2. The summed E-state index contributed by atoms with van der Waals surface area (Å²) in [6.07, 6.45) is -4.69. The van der Waals surface area contributed by atoms with Crippen LogP contribution in [0.1, 0.15) is 24.1 Å². The van der Waals surface area contributed by atoms with Crippen LogP contribution in [0.4, 0.5) is 29.3 Å². The van der Waals surface area contributed by atoms with Gasteiger partial charge in [0.25, 0.3) is 11.6 Å². The standard InChI is InChI=1S/C19H15F3N4O4/c1-10-15(17(27)24-14-8-3-2-7-13(14)19(20,21)22)16(25-18(28)23-10)11-5-4-6-12(9-11)26(29)30/h2-9,16H,1H3,(H,24,27)(H2,23,25,28)/t16-/m0/s1. The Bertz CT molecular complexity index is 1070. The average molecular weight is 420 g/mol. The number of nitrogens with one attached hydrogen (secondary N) is 3. The van der Waals surface area contributed by atoms with E-state index in [0.29, 0.717) is 0 Å². The Morgan fingerprint density at radius 1 is 1.17 bits per heavy atom. The van der Waals surface area contributed by atoms with Gasteiger partial charge < -0.3 is 16.0 Å². The number of carbonyl (C=O) groups excluding carboxylic acids is 2. The van der Waals surface area contributed by atoms with E-state index in [1.54, 1.807) is 0 Å². The van der Waals surface area contributed by atoms with Gasteiger partial charge in [0.05, 0.1) is 27.8 Å². The van der Waals surface area contributed by atoms with E-state index < -0.39 is 40.3 Å². The van der Waals surface area contributed by atoms with Gasteiger partial charge in [-0.3, -0.25) is 14.9 Å². The van der Waals surface area contributed by atoms with Gasteiger partial charge in [-0.05, 0) is 24.6 Å². The highest BCUT2D eigenvalue weighted by molar-refractivity contribution is 6.07. The third kappa shape index (κ3) is 4.24. The molecule has 0 bridgehead atoms. The van der Waals surface area contributed by atoms with E-state index in [4.69, 9.17) is 0 Å². The number of alkyl halides is 3. The number of urea groups is 1. The van der Waals surface area contributed by atoms with Gasteiger partial charge in [-0.25, -0.2) is 4.79 Å². The van der Waals surface area contributed by atoms with Crippen LogP contribution in [-0.4, -0.2) is 16.9 Å². The molecule has 1 atom stereocenters. The molecule has 3 rings (SSSR count). The molecular formula is C19H15F3N4O4. The summed E-state index contributed by atoms with van der Waals surface area (Å²) < 4.78 is 39.7. The third-order valence-electron chi connectivity index (χ3n) is 4.41. The van der Waals surface area contributed by atoms with Gasteiger partial charge in [-0.2, -0.15) is 13.2 Å². The number of halogens is 3. The molecule has 11 heteroatoms. The molecule has 3 amide bonds. The normalized spacial score (nSPS) is 16.5. The minimum Gasteiger partial charge on any atom is -0.327 e. The van der Waals surface area contributed by atoms with Crippen molar-refractivity contribution in [1.82, 2.24) is 10.6 Å². The van der Waals surface area contributed by atoms with Gasteiger partial charge in [-0.15, -0.1) is 0 Å². The Morgan fingerprint density at radius 2 is 1.87 bits per heavy atom. The second-order valence-corrected chi connectivity index (χ2v) is 6.42. The zero-order valence-electron chi connectivity index (χ0n) is 15.4. The number of nitrogens with zero attached hydrogens (tertiary/aromatic N) is 1. The number of carbonyl (C=O) groups is 2. The fraction of sp³-hybridized carbons (Fsp3) is 0.158. The van der Waals surface area contributed by atoms with E-state index in [-0.39, 0.29) is 22.5 Å². The van der Waals surface area contributed by atoms with Gasteiger partial charge in [0.2, 0.25) is 0 Å². The molecular weight excluding hydrogens is 405 g/mol.